The van der Waals surface area contributed by atoms with Crippen LogP contribution >= 0.6 is 15.9 Å². The van der Waals surface area contributed by atoms with Gasteiger partial charge < -0.3 is 4.90 Å². The maximum atomic E-state index is 14.0. The minimum atomic E-state index is -0.450. The molecule has 1 aromatic carbocycles. The lowest BCUT2D eigenvalue weighted by Gasteiger charge is -2.36. The van der Waals surface area contributed by atoms with Crippen molar-refractivity contribution in [3.05, 3.63) is 29.3 Å². The summed E-state index contributed by atoms with van der Waals surface area (Å²) in [6.07, 6.45) is 2.56. The molecule has 0 bridgehead atoms. The molecule has 0 radical (unpaired) electrons. The summed E-state index contributed by atoms with van der Waals surface area (Å²) in [4.78, 5) is 4.26. The molecule has 0 amide bonds. The van der Waals surface area contributed by atoms with Crippen LogP contribution in [-0.4, -0.2) is 37.1 Å². The van der Waals surface area contributed by atoms with Crippen molar-refractivity contribution < 1.29 is 8.78 Å². The second kappa shape index (κ2) is 5.37. The molecule has 1 heterocycles. The highest BCUT2D eigenvalue weighted by Crippen LogP contribution is 2.30. The SMILES string of the molecule is Fc1cc(CBr)cc(F)c1N1CCN(C2CC2)CC1. The molecule has 104 valence electrons. The Kier molecular flexibility index (Phi) is 3.76. The Bertz CT molecular complexity index is 446. The van der Waals surface area contributed by atoms with Crippen molar-refractivity contribution in [2.75, 3.05) is 31.1 Å². The number of benzene rings is 1. The lowest BCUT2D eigenvalue weighted by Crippen LogP contribution is -2.47. The van der Waals surface area contributed by atoms with Gasteiger partial charge in [-0.25, -0.2) is 8.78 Å². The Morgan fingerprint density at radius 2 is 1.63 bits per heavy atom. The zero-order valence-electron chi connectivity index (χ0n) is 10.7. The summed E-state index contributed by atoms with van der Waals surface area (Å²) in [6.45, 7) is 3.23. The summed E-state index contributed by atoms with van der Waals surface area (Å²) >= 11 is 3.22. The van der Waals surface area contributed by atoms with Gasteiger partial charge in [0.1, 0.15) is 17.3 Å². The van der Waals surface area contributed by atoms with Gasteiger partial charge in [-0.05, 0) is 30.5 Å². The summed E-state index contributed by atoms with van der Waals surface area (Å²) in [7, 11) is 0. The minimum absolute atomic E-state index is 0.139. The zero-order valence-corrected chi connectivity index (χ0v) is 12.3. The number of hydrogen-bond acceptors (Lipinski definition) is 2. The number of piperazine rings is 1. The van der Waals surface area contributed by atoms with E-state index in [-0.39, 0.29) is 5.69 Å². The number of alkyl halides is 1. The first-order valence-electron chi connectivity index (χ1n) is 6.72. The maximum Gasteiger partial charge on any atom is 0.149 e. The summed E-state index contributed by atoms with van der Waals surface area (Å²) in [5.41, 5.74) is 0.774. The average molecular weight is 331 g/mol. The van der Waals surface area contributed by atoms with Crippen molar-refractivity contribution in [1.29, 1.82) is 0 Å². The summed E-state index contributed by atoms with van der Waals surface area (Å²) in [6, 6.07) is 3.56. The van der Waals surface area contributed by atoms with Gasteiger partial charge in [0.2, 0.25) is 0 Å². The molecule has 1 aliphatic heterocycles. The van der Waals surface area contributed by atoms with Crippen LogP contribution in [0.2, 0.25) is 0 Å². The molecular weight excluding hydrogens is 314 g/mol. The van der Waals surface area contributed by atoms with E-state index in [1.165, 1.54) is 25.0 Å². The first kappa shape index (κ1) is 13.3. The maximum absolute atomic E-state index is 14.0. The summed E-state index contributed by atoms with van der Waals surface area (Å²) in [5, 5.41) is 0.469. The summed E-state index contributed by atoms with van der Waals surface area (Å²) in [5.74, 6) is -0.899. The monoisotopic (exact) mass is 330 g/mol. The average Bonchev–Trinajstić information content (AvgIpc) is 3.23. The van der Waals surface area contributed by atoms with Gasteiger partial charge in [0.05, 0.1) is 0 Å². The molecular formula is C14H17BrF2N2. The molecule has 0 atom stereocenters. The van der Waals surface area contributed by atoms with Crippen LogP contribution in [0.5, 0.6) is 0 Å². The number of nitrogens with zero attached hydrogens (tertiary/aromatic N) is 2. The number of halogens is 3. The third-order valence-electron chi connectivity index (χ3n) is 3.92. The van der Waals surface area contributed by atoms with Crippen LogP contribution < -0.4 is 4.90 Å². The van der Waals surface area contributed by atoms with Crippen LogP contribution in [0.1, 0.15) is 18.4 Å². The van der Waals surface area contributed by atoms with E-state index < -0.39 is 11.6 Å². The van der Waals surface area contributed by atoms with Crippen molar-refractivity contribution in [1.82, 2.24) is 4.90 Å². The lowest BCUT2D eigenvalue weighted by atomic mass is 10.1. The van der Waals surface area contributed by atoms with Crippen LogP contribution in [0.4, 0.5) is 14.5 Å². The quantitative estimate of drug-likeness (QED) is 0.785. The van der Waals surface area contributed by atoms with Gasteiger partial charge in [-0.15, -0.1) is 0 Å². The highest BCUT2D eigenvalue weighted by molar-refractivity contribution is 9.08. The van der Waals surface area contributed by atoms with Crippen molar-refractivity contribution in [3.63, 3.8) is 0 Å². The third kappa shape index (κ3) is 2.77. The molecule has 5 heteroatoms. The Labute approximate surface area is 120 Å². The van der Waals surface area contributed by atoms with Gasteiger partial charge in [0.15, 0.2) is 0 Å². The van der Waals surface area contributed by atoms with E-state index in [2.05, 4.69) is 20.8 Å². The second-order valence-electron chi connectivity index (χ2n) is 5.30. The van der Waals surface area contributed by atoms with Crippen LogP contribution in [0.15, 0.2) is 12.1 Å². The van der Waals surface area contributed by atoms with E-state index in [0.29, 0.717) is 24.0 Å². The molecule has 0 N–H and O–H groups in total. The van der Waals surface area contributed by atoms with Crippen LogP contribution in [-0.2, 0) is 5.33 Å². The smallest absolute Gasteiger partial charge is 0.149 e. The van der Waals surface area contributed by atoms with Gasteiger partial charge in [-0.1, -0.05) is 15.9 Å². The molecule has 1 saturated carbocycles. The molecule has 19 heavy (non-hydrogen) atoms. The van der Waals surface area contributed by atoms with Crippen LogP contribution in [0.3, 0.4) is 0 Å². The lowest BCUT2D eigenvalue weighted by molar-refractivity contribution is 0.247. The van der Waals surface area contributed by atoms with Gasteiger partial charge in [0.25, 0.3) is 0 Å². The Hall–Kier alpha value is -0.680. The van der Waals surface area contributed by atoms with Gasteiger partial charge in [-0.3, -0.25) is 4.90 Å². The molecule has 0 aromatic heterocycles. The van der Waals surface area contributed by atoms with Crippen molar-refractivity contribution >= 4 is 21.6 Å². The van der Waals surface area contributed by atoms with E-state index in [1.54, 1.807) is 0 Å². The van der Waals surface area contributed by atoms with E-state index >= 15 is 0 Å². The molecule has 2 aliphatic rings. The van der Waals surface area contributed by atoms with Crippen molar-refractivity contribution in [3.8, 4) is 0 Å². The highest BCUT2D eigenvalue weighted by atomic mass is 79.9. The van der Waals surface area contributed by atoms with Gasteiger partial charge in [0, 0.05) is 37.6 Å². The first-order chi connectivity index (χ1) is 9.19. The molecule has 0 spiro atoms. The minimum Gasteiger partial charge on any atom is -0.364 e. The largest absolute Gasteiger partial charge is 0.364 e. The topological polar surface area (TPSA) is 6.48 Å². The number of hydrogen-bond donors (Lipinski definition) is 0. The molecule has 1 aromatic rings. The predicted octanol–water partition coefficient (Wildman–Crippen LogP) is 3.14. The molecule has 2 nitrogen and oxygen atoms in total. The summed E-state index contributed by atoms with van der Waals surface area (Å²) < 4.78 is 28.1. The fraction of sp³-hybridized carbons (Fsp3) is 0.571. The normalized spacial score (nSPS) is 20.9. The van der Waals surface area contributed by atoms with Crippen LogP contribution in [0, 0.1) is 11.6 Å². The van der Waals surface area contributed by atoms with Crippen molar-refractivity contribution in [2.24, 2.45) is 0 Å². The fourth-order valence-corrected chi connectivity index (χ4v) is 3.07. The molecule has 2 fully saturated rings. The Morgan fingerprint density at radius 1 is 1.05 bits per heavy atom. The Morgan fingerprint density at radius 3 is 2.11 bits per heavy atom. The first-order valence-corrected chi connectivity index (χ1v) is 7.84. The predicted molar refractivity (Wildman–Crippen MR) is 75.8 cm³/mol. The highest BCUT2D eigenvalue weighted by Gasteiger charge is 2.32. The fourth-order valence-electron chi connectivity index (χ4n) is 2.75. The number of anilines is 1. The zero-order chi connectivity index (χ0) is 13.4. The van der Waals surface area contributed by atoms with Gasteiger partial charge >= 0.3 is 0 Å². The third-order valence-corrected chi connectivity index (χ3v) is 4.57. The van der Waals surface area contributed by atoms with E-state index in [0.717, 1.165) is 19.1 Å². The van der Waals surface area contributed by atoms with E-state index in [1.807, 2.05) is 4.90 Å². The molecule has 1 aliphatic carbocycles. The van der Waals surface area contributed by atoms with Crippen molar-refractivity contribution in [2.45, 2.75) is 24.2 Å². The van der Waals surface area contributed by atoms with E-state index in [9.17, 15) is 8.78 Å². The molecule has 1 saturated heterocycles. The van der Waals surface area contributed by atoms with Crippen LogP contribution in [0.25, 0.3) is 0 Å². The molecule has 0 unspecified atom stereocenters. The standard InChI is InChI=1S/C14H17BrF2N2/c15-9-10-7-12(16)14(13(17)8-10)19-5-3-18(4-6-19)11-1-2-11/h7-8,11H,1-6,9H2. The number of rotatable bonds is 3. The Balaban J connectivity index is 1.75. The second-order valence-corrected chi connectivity index (χ2v) is 5.86. The molecule has 3 rings (SSSR count). The van der Waals surface area contributed by atoms with E-state index in [4.69, 9.17) is 0 Å². The van der Waals surface area contributed by atoms with Gasteiger partial charge in [-0.2, -0.15) is 0 Å².